The molecule has 92 valence electrons. The Labute approximate surface area is 103 Å². The van der Waals surface area contributed by atoms with Gasteiger partial charge in [0.15, 0.2) is 17.5 Å². The molecule has 1 aromatic heterocycles. The standard InChI is InChI=1S/C13H11F2N3/c14-9-5-4-7(6-10(9)15)13-17-11-3-1-2-8(11)12(16)18-13/h4-6H,1-3H2,(H2,16,17,18). The van der Waals surface area contributed by atoms with Crippen molar-refractivity contribution >= 4 is 5.82 Å². The summed E-state index contributed by atoms with van der Waals surface area (Å²) < 4.78 is 26.1. The second-order valence-corrected chi connectivity index (χ2v) is 4.34. The van der Waals surface area contributed by atoms with Gasteiger partial charge in [-0.15, -0.1) is 0 Å². The zero-order chi connectivity index (χ0) is 12.7. The first-order valence-electron chi connectivity index (χ1n) is 5.76. The van der Waals surface area contributed by atoms with Crippen molar-refractivity contribution in [2.24, 2.45) is 0 Å². The van der Waals surface area contributed by atoms with Crippen LogP contribution in [-0.4, -0.2) is 9.97 Å². The van der Waals surface area contributed by atoms with E-state index in [2.05, 4.69) is 9.97 Å². The summed E-state index contributed by atoms with van der Waals surface area (Å²) in [5, 5.41) is 0. The SMILES string of the molecule is Nc1nc(-c2ccc(F)c(F)c2)nc2c1CCC2. The molecule has 2 aromatic rings. The minimum Gasteiger partial charge on any atom is -0.383 e. The lowest BCUT2D eigenvalue weighted by molar-refractivity contribution is 0.509. The van der Waals surface area contributed by atoms with Crippen molar-refractivity contribution < 1.29 is 8.78 Å². The quantitative estimate of drug-likeness (QED) is 0.842. The Balaban J connectivity index is 2.12. The third-order valence-corrected chi connectivity index (χ3v) is 3.14. The van der Waals surface area contributed by atoms with Gasteiger partial charge in [0.2, 0.25) is 0 Å². The largest absolute Gasteiger partial charge is 0.383 e. The molecule has 2 N–H and O–H groups in total. The van der Waals surface area contributed by atoms with Crippen LogP contribution in [0.1, 0.15) is 17.7 Å². The number of nitrogen functional groups attached to an aromatic ring is 1. The van der Waals surface area contributed by atoms with Crippen molar-refractivity contribution in [3.8, 4) is 11.4 Å². The second-order valence-electron chi connectivity index (χ2n) is 4.34. The predicted octanol–water partition coefficient (Wildman–Crippen LogP) is 2.49. The van der Waals surface area contributed by atoms with Gasteiger partial charge in [0.1, 0.15) is 5.82 Å². The van der Waals surface area contributed by atoms with Gasteiger partial charge in [-0.2, -0.15) is 0 Å². The number of aryl methyl sites for hydroxylation is 1. The molecule has 1 aliphatic rings. The van der Waals surface area contributed by atoms with Crippen LogP contribution >= 0.6 is 0 Å². The van der Waals surface area contributed by atoms with E-state index in [4.69, 9.17) is 5.73 Å². The zero-order valence-corrected chi connectivity index (χ0v) is 9.58. The first-order chi connectivity index (χ1) is 8.65. The number of halogens is 2. The molecule has 18 heavy (non-hydrogen) atoms. The van der Waals surface area contributed by atoms with Crippen molar-refractivity contribution in [3.05, 3.63) is 41.1 Å². The molecule has 3 rings (SSSR count). The average molecular weight is 247 g/mol. The Bertz CT molecular complexity index is 626. The fourth-order valence-electron chi connectivity index (χ4n) is 2.23. The molecular weight excluding hydrogens is 236 g/mol. The number of nitrogens with two attached hydrogens (primary N) is 1. The highest BCUT2D eigenvalue weighted by Gasteiger charge is 2.18. The molecule has 1 heterocycles. The second kappa shape index (κ2) is 4.01. The van der Waals surface area contributed by atoms with E-state index in [1.165, 1.54) is 6.07 Å². The number of benzene rings is 1. The van der Waals surface area contributed by atoms with Crippen LogP contribution in [0.5, 0.6) is 0 Å². The highest BCUT2D eigenvalue weighted by Crippen LogP contribution is 2.27. The van der Waals surface area contributed by atoms with E-state index >= 15 is 0 Å². The first-order valence-corrected chi connectivity index (χ1v) is 5.76. The molecule has 0 amide bonds. The monoisotopic (exact) mass is 247 g/mol. The van der Waals surface area contributed by atoms with Crippen molar-refractivity contribution in [2.75, 3.05) is 5.73 Å². The lowest BCUT2D eigenvalue weighted by Gasteiger charge is -2.06. The van der Waals surface area contributed by atoms with Gasteiger partial charge >= 0.3 is 0 Å². The topological polar surface area (TPSA) is 51.8 Å². The number of rotatable bonds is 1. The van der Waals surface area contributed by atoms with Crippen LogP contribution < -0.4 is 5.73 Å². The van der Waals surface area contributed by atoms with E-state index in [1.807, 2.05) is 0 Å². The molecule has 0 unspecified atom stereocenters. The smallest absolute Gasteiger partial charge is 0.161 e. The molecular formula is C13H11F2N3. The fourth-order valence-corrected chi connectivity index (χ4v) is 2.23. The van der Waals surface area contributed by atoms with E-state index < -0.39 is 11.6 Å². The van der Waals surface area contributed by atoms with Crippen molar-refractivity contribution in [2.45, 2.75) is 19.3 Å². The summed E-state index contributed by atoms with van der Waals surface area (Å²) in [7, 11) is 0. The Morgan fingerprint density at radius 1 is 1.06 bits per heavy atom. The predicted molar refractivity (Wildman–Crippen MR) is 63.8 cm³/mol. The van der Waals surface area contributed by atoms with E-state index in [-0.39, 0.29) is 0 Å². The van der Waals surface area contributed by atoms with Crippen LogP contribution in [0, 0.1) is 11.6 Å². The summed E-state index contributed by atoms with van der Waals surface area (Å²) >= 11 is 0. The van der Waals surface area contributed by atoms with Gasteiger partial charge in [0.25, 0.3) is 0 Å². The van der Waals surface area contributed by atoms with Crippen molar-refractivity contribution in [1.82, 2.24) is 9.97 Å². The van der Waals surface area contributed by atoms with Crippen molar-refractivity contribution in [3.63, 3.8) is 0 Å². The fraction of sp³-hybridized carbons (Fsp3) is 0.231. The highest BCUT2D eigenvalue weighted by atomic mass is 19.2. The Kier molecular flexibility index (Phi) is 2.47. The molecule has 3 nitrogen and oxygen atoms in total. The third-order valence-electron chi connectivity index (χ3n) is 3.14. The van der Waals surface area contributed by atoms with Crippen LogP contribution in [0.3, 0.4) is 0 Å². The Morgan fingerprint density at radius 2 is 1.89 bits per heavy atom. The van der Waals surface area contributed by atoms with Gasteiger partial charge < -0.3 is 5.73 Å². The van der Waals surface area contributed by atoms with Gasteiger partial charge in [-0.25, -0.2) is 18.7 Å². The number of hydrogen-bond acceptors (Lipinski definition) is 3. The maximum Gasteiger partial charge on any atom is 0.161 e. The normalized spacial score (nSPS) is 13.7. The number of nitrogens with zero attached hydrogens (tertiary/aromatic N) is 2. The lowest BCUT2D eigenvalue weighted by atomic mass is 10.1. The minimum atomic E-state index is -0.907. The van der Waals surface area contributed by atoms with Crippen LogP contribution in [0.25, 0.3) is 11.4 Å². The number of aromatic nitrogens is 2. The number of fused-ring (bicyclic) bond motifs is 1. The summed E-state index contributed by atoms with van der Waals surface area (Å²) in [6, 6.07) is 3.61. The molecule has 5 heteroatoms. The summed E-state index contributed by atoms with van der Waals surface area (Å²) in [5.74, 6) is -0.993. The Morgan fingerprint density at radius 3 is 2.67 bits per heavy atom. The molecule has 0 fully saturated rings. The first kappa shape index (κ1) is 11.1. The van der Waals surface area contributed by atoms with E-state index in [0.29, 0.717) is 17.2 Å². The number of hydrogen-bond donors (Lipinski definition) is 1. The molecule has 1 aromatic carbocycles. The van der Waals surface area contributed by atoms with E-state index in [9.17, 15) is 8.78 Å². The molecule has 0 saturated carbocycles. The molecule has 1 aliphatic carbocycles. The summed E-state index contributed by atoms with van der Waals surface area (Å²) in [6.45, 7) is 0. The zero-order valence-electron chi connectivity index (χ0n) is 9.58. The van der Waals surface area contributed by atoms with Gasteiger partial charge in [-0.05, 0) is 37.5 Å². The van der Waals surface area contributed by atoms with E-state index in [1.54, 1.807) is 0 Å². The van der Waals surface area contributed by atoms with Crippen LogP contribution in [-0.2, 0) is 12.8 Å². The van der Waals surface area contributed by atoms with Gasteiger partial charge in [0.05, 0.1) is 0 Å². The minimum absolute atomic E-state index is 0.354. The molecule has 0 radical (unpaired) electrons. The van der Waals surface area contributed by atoms with Crippen molar-refractivity contribution in [1.29, 1.82) is 0 Å². The van der Waals surface area contributed by atoms with Gasteiger partial charge in [0, 0.05) is 16.8 Å². The maximum absolute atomic E-state index is 13.2. The number of anilines is 1. The maximum atomic E-state index is 13.2. The van der Waals surface area contributed by atoms with Crippen LogP contribution in [0.2, 0.25) is 0 Å². The van der Waals surface area contributed by atoms with Crippen LogP contribution in [0.4, 0.5) is 14.6 Å². The van der Waals surface area contributed by atoms with Crippen LogP contribution in [0.15, 0.2) is 18.2 Å². The molecule has 0 atom stereocenters. The van der Waals surface area contributed by atoms with E-state index in [0.717, 1.165) is 42.7 Å². The highest BCUT2D eigenvalue weighted by molar-refractivity contribution is 5.59. The summed E-state index contributed by atoms with van der Waals surface area (Å²) in [5.41, 5.74) is 8.21. The summed E-state index contributed by atoms with van der Waals surface area (Å²) in [6.07, 6.45) is 2.76. The lowest BCUT2D eigenvalue weighted by Crippen LogP contribution is -2.03. The molecule has 0 saturated heterocycles. The third kappa shape index (κ3) is 1.72. The van der Waals surface area contributed by atoms with Gasteiger partial charge in [-0.3, -0.25) is 0 Å². The molecule has 0 bridgehead atoms. The average Bonchev–Trinajstić information content (AvgIpc) is 2.81. The summed E-state index contributed by atoms with van der Waals surface area (Å²) in [4.78, 5) is 8.54. The molecule has 0 spiro atoms. The molecule has 0 aliphatic heterocycles. The van der Waals surface area contributed by atoms with Gasteiger partial charge in [-0.1, -0.05) is 0 Å². The Hall–Kier alpha value is -2.04.